The zero-order valence-corrected chi connectivity index (χ0v) is 14.0. The summed E-state index contributed by atoms with van der Waals surface area (Å²) in [6.45, 7) is 3.05. The first-order chi connectivity index (χ1) is 8.70. The van der Waals surface area contributed by atoms with Crippen LogP contribution >= 0.6 is 43.2 Å². The first kappa shape index (κ1) is 14.2. The number of hydrogen-bond acceptors (Lipinski definition) is 3. The number of likely N-dealkylation sites (N-methyl/N-ethyl adjacent to an activating group) is 1. The van der Waals surface area contributed by atoms with Gasteiger partial charge in [-0.1, -0.05) is 13.0 Å². The van der Waals surface area contributed by atoms with Gasteiger partial charge in [0.2, 0.25) is 0 Å². The molecule has 5 heteroatoms. The lowest BCUT2D eigenvalue weighted by molar-refractivity contribution is 0.537. The average molecular weight is 390 g/mol. The summed E-state index contributed by atoms with van der Waals surface area (Å²) in [6.07, 6.45) is 2.82. The Bertz CT molecular complexity index is 500. The molecule has 1 N–H and O–H groups in total. The van der Waals surface area contributed by atoms with E-state index in [0.29, 0.717) is 0 Å². The molecule has 1 atom stereocenters. The maximum absolute atomic E-state index is 4.53. The molecule has 2 aromatic rings. The predicted molar refractivity (Wildman–Crippen MR) is 84.1 cm³/mol. The van der Waals surface area contributed by atoms with Crippen molar-refractivity contribution in [3.8, 4) is 0 Å². The molecule has 0 amide bonds. The fourth-order valence-corrected chi connectivity index (χ4v) is 3.84. The van der Waals surface area contributed by atoms with Crippen molar-refractivity contribution in [3.63, 3.8) is 0 Å². The number of halogens is 2. The Morgan fingerprint density at radius 1 is 1.44 bits per heavy atom. The Kier molecular flexibility index (Phi) is 5.36. The zero-order chi connectivity index (χ0) is 13.0. The summed E-state index contributed by atoms with van der Waals surface area (Å²) in [6, 6.07) is 6.55. The Hall–Kier alpha value is -0.230. The van der Waals surface area contributed by atoms with Crippen LogP contribution in [0.4, 0.5) is 0 Å². The van der Waals surface area contributed by atoms with Crippen molar-refractivity contribution in [2.45, 2.75) is 19.4 Å². The molecule has 96 valence electrons. The van der Waals surface area contributed by atoms with Crippen molar-refractivity contribution < 1.29 is 0 Å². The smallest absolute Gasteiger partial charge is 0.0719 e. The summed E-state index contributed by atoms with van der Waals surface area (Å²) in [5, 5.41) is 5.61. The highest BCUT2D eigenvalue weighted by Crippen LogP contribution is 2.27. The molecule has 2 nitrogen and oxygen atoms in total. The minimum absolute atomic E-state index is 0.246. The lowest BCUT2D eigenvalue weighted by Gasteiger charge is -2.18. The number of thiophene rings is 1. The van der Waals surface area contributed by atoms with Gasteiger partial charge in [-0.25, -0.2) is 0 Å². The van der Waals surface area contributed by atoms with E-state index in [2.05, 4.69) is 66.6 Å². The average Bonchev–Trinajstić information content (AvgIpc) is 2.81. The number of nitrogens with one attached hydrogen (secondary N) is 1. The van der Waals surface area contributed by atoms with Gasteiger partial charge in [-0.2, -0.15) is 0 Å². The molecule has 1 unspecified atom stereocenters. The second kappa shape index (κ2) is 6.80. The summed E-state index contributed by atoms with van der Waals surface area (Å²) >= 11 is 8.82. The second-order valence-corrected chi connectivity index (χ2v) is 6.72. The second-order valence-electron chi connectivity index (χ2n) is 3.91. The van der Waals surface area contributed by atoms with Crippen LogP contribution < -0.4 is 5.32 Å². The third kappa shape index (κ3) is 3.63. The predicted octanol–water partition coefficient (Wildman–Crippen LogP) is 4.56. The summed E-state index contributed by atoms with van der Waals surface area (Å²) < 4.78 is 2.03. The molecule has 0 spiro atoms. The molecule has 18 heavy (non-hydrogen) atoms. The molecular weight excluding hydrogens is 376 g/mol. The molecule has 0 aliphatic rings. The van der Waals surface area contributed by atoms with Gasteiger partial charge in [-0.05, 0) is 55.9 Å². The lowest BCUT2D eigenvalue weighted by Crippen LogP contribution is -2.24. The van der Waals surface area contributed by atoms with E-state index in [1.807, 2.05) is 12.3 Å². The maximum atomic E-state index is 4.53. The topological polar surface area (TPSA) is 24.9 Å². The molecule has 0 bridgehead atoms. The van der Waals surface area contributed by atoms with E-state index in [0.717, 1.165) is 27.6 Å². The van der Waals surface area contributed by atoms with Gasteiger partial charge in [0.15, 0.2) is 0 Å². The third-order valence-corrected chi connectivity index (χ3v) is 4.57. The highest BCUT2D eigenvalue weighted by Gasteiger charge is 2.16. The van der Waals surface area contributed by atoms with Crippen LogP contribution in [0.15, 0.2) is 38.7 Å². The van der Waals surface area contributed by atoms with Gasteiger partial charge in [0.25, 0.3) is 0 Å². The van der Waals surface area contributed by atoms with E-state index >= 15 is 0 Å². The van der Waals surface area contributed by atoms with E-state index in [1.165, 1.54) is 4.88 Å². The Morgan fingerprint density at radius 2 is 2.28 bits per heavy atom. The normalized spacial score (nSPS) is 12.6. The van der Waals surface area contributed by atoms with Crippen LogP contribution in [0.2, 0.25) is 0 Å². The highest BCUT2D eigenvalue weighted by molar-refractivity contribution is 9.11. The molecule has 0 aromatic carbocycles. The fourth-order valence-electron chi connectivity index (χ4n) is 1.82. The van der Waals surface area contributed by atoms with Crippen LogP contribution in [0.25, 0.3) is 0 Å². The SMILES string of the molecule is CCNC(Cc1cccs1)c1ncc(Br)cc1Br. The van der Waals surface area contributed by atoms with Crippen molar-refractivity contribution >= 4 is 43.2 Å². The number of nitrogens with zero attached hydrogens (tertiary/aromatic N) is 1. The van der Waals surface area contributed by atoms with Gasteiger partial charge in [0, 0.05) is 26.4 Å². The summed E-state index contributed by atoms with van der Waals surface area (Å²) in [5.74, 6) is 0. The maximum Gasteiger partial charge on any atom is 0.0719 e. The van der Waals surface area contributed by atoms with Crippen molar-refractivity contribution in [1.29, 1.82) is 0 Å². The summed E-state index contributed by atoms with van der Waals surface area (Å²) in [5.41, 5.74) is 1.06. The van der Waals surface area contributed by atoms with Crippen LogP contribution in [0.3, 0.4) is 0 Å². The molecule has 0 aliphatic carbocycles. The van der Waals surface area contributed by atoms with Gasteiger partial charge in [-0.15, -0.1) is 11.3 Å². The fraction of sp³-hybridized carbons (Fsp3) is 0.308. The van der Waals surface area contributed by atoms with Crippen LogP contribution in [0.5, 0.6) is 0 Å². The highest BCUT2D eigenvalue weighted by atomic mass is 79.9. The number of pyridine rings is 1. The van der Waals surface area contributed by atoms with E-state index in [4.69, 9.17) is 0 Å². The quantitative estimate of drug-likeness (QED) is 0.810. The van der Waals surface area contributed by atoms with Gasteiger partial charge in [-0.3, -0.25) is 4.98 Å². The van der Waals surface area contributed by atoms with E-state index in [-0.39, 0.29) is 6.04 Å². The van der Waals surface area contributed by atoms with Gasteiger partial charge < -0.3 is 5.32 Å². The molecule has 0 radical (unpaired) electrons. The number of rotatable bonds is 5. The van der Waals surface area contributed by atoms with Gasteiger partial charge in [0.05, 0.1) is 11.7 Å². The zero-order valence-electron chi connectivity index (χ0n) is 9.99. The number of aromatic nitrogens is 1. The monoisotopic (exact) mass is 388 g/mol. The molecule has 2 rings (SSSR count). The van der Waals surface area contributed by atoms with Crippen molar-refractivity contribution in [3.05, 3.63) is 49.3 Å². The first-order valence-corrected chi connectivity index (χ1v) is 8.24. The Labute approximate surface area is 128 Å². The molecule has 0 fully saturated rings. The minimum Gasteiger partial charge on any atom is -0.309 e. The van der Waals surface area contributed by atoms with E-state index in [9.17, 15) is 0 Å². The molecule has 2 aromatic heterocycles. The third-order valence-electron chi connectivity index (χ3n) is 2.60. The van der Waals surface area contributed by atoms with Crippen molar-refractivity contribution in [2.24, 2.45) is 0 Å². The largest absolute Gasteiger partial charge is 0.309 e. The number of hydrogen-bond donors (Lipinski definition) is 1. The molecule has 0 saturated heterocycles. The van der Waals surface area contributed by atoms with Gasteiger partial charge >= 0.3 is 0 Å². The summed E-state index contributed by atoms with van der Waals surface area (Å²) in [7, 11) is 0. The molecule has 0 aliphatic heterocycles. The molecule has 2 heterocycles. The van der Waals surface area contributed by atoms with Crippen LogP contribution in [-0.4, -0.2) is 11.5 Å². The molecule has 0 saturated carbocycles. The lowest BCUT2D eigenvalue weighted by atomic mass is 10.1. The van der Waals surface area contributed by atoms with Crippen LogP contribution in [-0.2, 0) is 6.42 Å². The Morgan fingerprint density at radius 3 is 2.89 bits per heavy atom. The first-order valence-electron chi connectivity index (χ1n) is 5.77. The Balaban J connectivity index is 2.23. The van der Waals surface area contributed by atoms with Crippen LogP contribution in [0, 0.1) is 0 Å². The van der Waals surface area contributed by atoms with Crippen molar-refractivity contribution in [2.75, 3.05) is 6.54 Å². The van der Waals surface area contributed by atoms with Crippen LogP contribution in [0.1, 0.15) is 23.5 Å². The molecular formula is C13H14Br2N2S. The van der Waals surface area contributed by atoms with E-state index < -0.39 is 0 Å². The van der Waals surface area contributed by atoms with Crippen molar-refractivity contribution in [1.82, 2.24) is 10.3 Å². The van der Waals surface area contributed by atoms with Gasteiger partial charge in [0.1, 0.15) is 0 Å². The minimum atomic E-state index is 0.246. The van der Waals surface area contributed by atoms with E-state index in [1.54, 1.807) is 11.3 Å². The standard InChI is InChI=1S/C13H14Br2N2S/c1-2-16-12(7-10-4-3-5-18-10)13-11(15)6-9(14)8-17-13/h3-6,8,12,16H,2,7H2,1H3. The summed E-state index contributed by atoms with van der Waals surface area (Å²) in [4.78, 5) is 5.90.